The number of thiazole rings is 1. The fourth-order valence-corrected chi connectivity index (χ4v) is 3.22. The first kappa shape index (κ1) is 13.1. The summed E-state index contributed by atoms with van der Waals surface area (Å²) >= 11 is 5.32. The lowest BCUT2D eigenvalue weighted by Crippen LogP contribution is -2.24. The predicted molar refractivity (Wildman–Crippen MR) is 80.8 cm³/mol. The van der Waals surface area contributed by atoms with Crippen LogP contribution in [0.15, 0.2) is 34.2 Å². The molecule has 1 unspecified atom stereocenters. The second-order valence-electron chi connectivity index (χ2n) is 4.63. The number of hydrogen-bond acceptors (Lipinski definition) is 4. The lowest BCUT2D eigenvalue weighted by molar-refractivity contribution is 0.413. The first-order valence-corrected chi connectivity index (χ1v) is 7.94. The van der Waals surface area contributed by atoms with Crippen molar-refractivity contribution in [3.8, 4) is 5.75 Å². The van der Waals surface area contributed by atoms with Crippen molar-refractivity contribution in [3.63, 3.8) is 0 Å². The van der Waals surface area contributed by atoms with Gasteiger partial charge in [-0.05, 0) is 36.6 Å². The fraction of sp³-hybridized carbons (Fsp3) is 0.357. The van der Waals surface area contributed by atoms with Crippen molar-refractivity contribution >= 4 is 27.3 Å². The molecule has 1 saturated carbocycles. The Bertz CT molecular complexity index is 555. The Balaban J connectivity index is 1.98. The zero-order valence-electron chi connectivity index (χ0n) is 10.6. The third-order valence-electron chi connectivity index (χ3n) is 3.19. The molecule has 1 heterocycles. The van der Waals surface area contributed by atoms with Crippen LogP contribution in [0.5, 0.6) is 5.75 Å². The maximum atomic E-state index is 5.33. The Labute approximate surface area is 125 Å². The Hall–Kier alpha value is -0.910. The van der Waals surface area contributed by atoms with E-state index < -0.39 is 0 Å². The number of hydrogen-bond donors (Lipinski definition) is 1. The van der Waals surface area contributed by atoms with E-state index in [-0.39, 0.29) is 6.04 Å². The Morgan fingerprint density at radius 1 is 1.47 bits per heavy atom. The normalized spacial score (nSPS) is 16.3. The van der Waals surface area contributed by atoms with E-state index in [0.29, 0.717) is 6.04 Å². The molecule has 0 spiro atoms. The van der Waals surface area contributed by atoms with E-state index >= 15 is 0 Å². The number of rotatable bonds is 5. The van der Waals surface area contributed by atoms with Crippen LogP contribution in [0.3, 0.4) is 0 Å². The van der Waals surface area contributed by atoms with Gasteiger partial charge in [-0.25, -0.2) is 4.98 Å². The molecule has 1 fully saturated rings. The number of nitrogens with one attached hydrogen (secondary N) is 1. The summed E-state index contributed by atoms with van der Waals surface area (Å²) in [7, 11) is 1.69. The lowest BCUT2D eigenvalue weighted by atomic mass is 10.1. The Morgan fingerprint density at radius 3 is 2.95 bits per heavy atom. The van der Waals surface area contributed by atoms with Gasteiger partial charge in [0.2, 0.25) is 0 Å². The molecule has 2 aromatic rings. The SMILES string of the molecule is COc1ccc(Br)c(C(NC2CC2)c2nccs2)c1. The van der Waals surface area contributed by atoms with Crippen molar-refractivity contribution in [2.45, 2.75) is 24.9 Å². The van der Waals surface area contributed by atoms with Gasteiger partial charge in [-0.3, -0.25) is 0 Å². The minimum absolute atomic E-state index is 0.136. The van der Waals surface area contributed by atoms with Crippen molar-refractivity contribution in [3.05, 3.63) is 44.8 Å². The number of aromatic nitrogens is 1. The van der Waals surface area contributed by atoms with E-state index in [4.69, 9.17) is 4.74 Å². The van der Waals surface area contributed by atoms with Crippen molar-refractivity contribution in [1.29, 1.82) is 0 Å². The first-order valence-electron chi connectivity index (χ1n) is 6.27. The highest BCUT2D eigenvalue weighted by molar-refractivity contribution is 9.10. The average Bonchev–Trinajstić information content (AvgIpc) is 3.09. The lowest BCUT2D eigenvalue weighted by Gasteiger charge is -2.19. The zero-order chi connectivity index (χ0) is 13.2. The topological polar surface area (TPSA) is 34.1 Å². The maximum absolute atomic E-state index is 5.33. The van der Waals surface area contributed by atoms with Gasteiger partial charge in [-0.2, -0.15) is 0 Å². The molecule has 19 heavy (non-hydrogen) atoms. The van der Waals surface area contributed by atoms with Gasteiger partial charge < -0.3 is 10.1 Å². The molecule has 0 radical (unpaired) electrons. The van der Waals surface area contributed by atoms with Crippen LogP contribution >= 0.6 is 27.3 Å². The number of nitrogens with zero attached hydrogens (tertiary/aromatic N) is 1. The molecule has 1 aromatic carbocycles. The van der Waals surface area contributed by atoms with E-state index in [1.807, 2.05) is 23.7 Å². The molecular weight excluding hydrogens is 324 g/mol. The summed E-state index contributed by atoms with van der Waals surface area (Å²) in [6, 6.07) is 6.82. The summed E-state index contributed by atoms with van der Waals surface area (Å²) in [6.07, 6.45) is 4.36. The van der Waals surface area contributed by atoms with Crippen LogP contribution in [0.4, 0.5) is 0 Å². The maximum Gasteiger partial charge on any atom is 0.119 e. The average molecular weight is 339 g/mol. The summed E-state index contributed by atoms with van der Waals surface area (Å²) in [5, 5.41) is 6.78. The highest BCUT2D eigenvalue weighted by atomic mass is 79.9. The minimum Gasteiger partial charge on any atom is -0.497 e. The van der Waals surface area contributed by atoms with Crippen molar-refractivity contribution < 1.29 is 4.74 Å². The van der Waals surface area contributed by atoms with Gasteiger partial charge in [0.25, 0.3) is 0 Å². The summed E-state index contributed by atoms with van der Waals surface area (Å²) in [4.78, 5) is 4.46. The smallest absolute Gasteiger partial charge is 0.119 e. The van der Waals surface area contributed by atoms with E-state index in [0.717, 1.165) is 15.2 Å². The number of methoxy groups -OCH3 is 1. The van der Waals surface area contributed by atoms with Gasteiger partial charge in [0.05, 0.1) is 13.2 Å². The zero-order valence-corrected chi connectivity index (χ0v) is 13.0. The molecule has 1 aromatic heterocycles. The molecule has 100 valence electrons. The third kappa shape index (κ3) is 2.99. The molecule has 1 aliphatic rings. The van der Waals surface area contributed by atoms with E-state index in [2.05, 4.69) is 32.3 Å². The highest BCUT2D eigenvalue weighted by Crippen LogP contribution is 2.35. The molecule has 3 nitrogen and oxygen atoms in total. The fourth-order valence-electron chi connectivity index (χ4n) is 2.03. The van der Waals surface area contributed by atoms with Gasteiger partial charge in [-0.15, -0.1) is 11.3 Å². The number of benzene rings is 1. The largest absolute Gasteiger partial charge is 0.497 e. The molecule has 5 heteroatoms. The van der Waals surface area contributed by atoms with Crippen LogP contribution in [-0.4, -0.2) is 18.1 Å². The standard InChI is InChI=1S/C14H15BrN2OS/c1-18-10-4-5-12(15)11(8-10)13(17-9-2-3-9)14-16-6-7-19-14/h4-9,13,17H,2-3H2,1H3. The second-order valence-corrected chi connectivity index (χ2v) is 6.41. The Morgan fingerprint density at radius 2 is 2.32 bits per heavy atom. The second kappa shape index (κ2) is 5.61. The van der Waals surface area contributed by atoms with E-state index in [9.17, 15) is 0 Å². The third-order valence-corrected chi connectivity index (χ3v) is 4.75. The summed E-state index contributed by atoms with van der Waals surface area (Å²) in [5.74, 6) is 0.873. The summed E-state index contributed by atoms with van der Waals surface area (Å²) < 4.78 is 6.42. The van der Waals surface area contributed by atoms with Crippen molar-refractivity contribution in [1.82, 2.24) is 10.3 Å². The molecule has 0 amide bonds. The van der Waals surface area contributed by atoms with Crippen LogP contribution in [-0.2, 0) is 0 Å². The molecule has 1 N–H and O–H groups in total. The van der Waals surface area contributed by atoms with Gasteiger partial charge in [-0.1, -0.05) is 15.9 Å². The minimum atomic E-state index is 0.136. The van der Waals surface area contributed by atoms with Crippen LogP contribution in [0.2, 0.25) is 0 Å². The van der Waals surface area contributed by atoms with Crippen LogP contribution in [0.1, 0.15) is 29.5 Å². The van der Waals surface area contributed by atoms with Gasteiger partial charge in [0.1, 0.15) is 10.8 Å². The van der Waals surface area contributed by atoms with Crippen LogP contribution < -0.4 is 10.1 Å². The van der Waals surface area contributed by atoms with Gasteiger partial charge in [0.15, 0.2) is 0 Å². The van der Waals surface area contributed by atoms with Crippen LogP contribution in [0, 0.1) is 0 Å². The van der Waals surface area contributed by atoms with E-state index in [1.165, 1.54) is 18.4 Å². The van der Waals surface area contributed by atoms with Gasteiger partial charge >= 0.3 is 0 Å². The summed E-state index contributed by atoms with van der Waals surface area (Å²) in [5.41, 5.74) is 1.18. The summed E-state index contributed by atoms with van der Waals surface area (Å²) in [6.45, 7) is 0. The molecule has 3 rings (SSSR count). The monoisotopic (exact) mass is 338 g/mol. The number of halogens is 1. The highest BCUT2D eigenvalue weighted by Gasteiger charge is 2.28. The van der Waals surface area contributed by atoms with Crippen molar-refractivity contribution in [2.75, 3.05) is 7.11 Å². The molecular formula is C14H15BrN2OS. The van der Waals surface area contributed by atoms with Gasteiger partial charge in [0, 0.05) is 22.1 Å². The number of ether oxygens (including phenoxy) is 1. The van der Waals surface area contributed by atoms with E-state index in [1.54, 1.807) is 18.4 Å². The van der Waals surface area contributed by atoms with Crippen molar-refractivity contribution in [2.24, 2.45) is 0 Å². The van der Waals surface area contributed by atoms with Crippen LogP contribution in [0.25, 0.3) is 0 Å². The molecule has 0 bridgehead atoms. The quantitative estimate of drug-likeness (QED) is 0.901. The molecule has 0 aliphatic heterocycles. The molecule has 0 saturated heterocycles. The molecule has 1 atom stereocenters. The first-order chi connectivity index (χ1) is 9.28. The predicted octanol–water partition coefficient (Wildman–Crippen LogP) is 3.76. The molecule has 1 aliphatic carbocycles. The Kier molecular flexibility index (Phi) is 3.86.